The molecular weight excluding hydrogens is 334 g/mol. The van der Waals surface area contributed by atoms with Crippen LogP contribution in [0.15, 0.2) is 42.5 Å². The molecule has 2 N–H and O–H groups in total. The van der Waals surface area contributed by atoms with Crippen molar-refractivity contribution >= 4 is 12.4 Å². The molecule has 3 nitrogen and oxygen atoms in total. The summed E-state index contributed by atoms with van der Waals surface area (Å²) in [5.41, 5.74) is 4.77. The number of nitrogens with one attached hydrogen (secondary N) is 1. The summed E-state index contributed by atoms with van der Waals surface area (Å²) in [7, 11) is 0. The molecule has 2 rings (SSSR count). The van der Waals surface area contributed by atoms with Gasteiger partial charge in [0.25, 0.3) is 0 Å². The van der Waals surface area contributed by atoms with Crippen molar-refractivity contribution in [3.63, 3.8) is 0 Å². The number of hydrogen-bond donors (Lipinski definition) is 2. The van der Waals surface area contributed by atoms with Gasteiger partial charge >= 0.3 is 0 Å². The largest absolute Gasteiger partial charge is 0.490 e. The molecular formula is C21H30ClNO2. The molecule has 0 aromatic heterocycles. The lowest BCUT2D eigenvalue weighted by molar-refractivity contribution is 0.103. The molecule has 0 aliphatic heterocycles. The van der Waals surface area contributed by atoms with Crippen LogP contribution in [0.1, 0.15) is 42.1 Å². The second-order valence-corrected chi connectivity index (χ2v) is 6.41. The summed E-state index contributed by atoms with van der Waals surface area (Å²) >= 11 is 0. The zero-order valence-corrected chi connectivity index (χ0v) is 16.4. The van der Waals surface area contributed by atoms with Gasteiger partial charge in [-0.1, -0.05) is 49.4 Å². The van der Waals surface area contributed by atoms with Gasteiger partial charge in [0.1, 0.15) is 18.5 Å². The molecule has 4 heteroatoms. The first kappa shape index (κ1) is 21.5. The van der Waals surface area contributed by atoms with Crippen LogP contribution >= 0.6 is 12.4 Å². The third kappa shape index (κ3) is 6.35. The van der Waals surface area contributed by atoms with Crippen LogP contribution in [0.5, 0.6) is 5.75 Å². The second kappa shape index (κ2) is 10.4. The van der Waals surface area contributed by atoms with E-state index in [1.54, 1.807) is 0 Å². The molecule has 0 aliphatic rings. The number of rotatable bonds is 8. The number of benzene rings is 2. The van der Waals surface area contributed by atoms with Gasteiger partial charge in [0.2, 0.25) is 0 Å². The summed E-state index contributed by atoms with van der Waals surface area (Å²) in [6.45, 7) is 9.11. The molecule has 2 unspecified atom stereocenters. The first-order valence-electron chi connectivity index (χ1n) is 8.70. The molecule has 25 heavy (non-hydrogen) atoms. The first-order valence-corrected chi connectivity index (χ1v) is 8.70. The Morgan fingerprint density at radius 3 is 2.20 bits per heavy atom. The van der Waals surface area contributed by atoms with Crippen LogP contribution in [0.4, 0.5) is 0 Å². The highest BCUT2D eigenvalue weighted by molar-refractivity contribution is 5.85. The van der Waals surface area contributed by atoms with Gasteiger partial charge < -0.3 is 15.2 Å². The quantitative estimate of drug-likeness (QED) is 0.731. The van der Waals surface area contributed by atoms with E-state index < -0.39 is 6.10 Å². The summed E-state index contributed by atoms with van der Waals surface area (Å²) in [5.74, 6) is 0.875. The Morgan fingerprint density at radius 1 is 1.04 bits per heavy atom. The Balaban J connectivity index is 0.00000312. The molecule has 0 fully saturated rings. The lowest BCUT2D eigenvalue weighted by Crippen LogP contribution is -2.33. The molecule has 0 amide bonds. The zero-order valence-electron chi connectivity index (χ0n) is 15.6. The fraction of sp³-hybridized carbons (Fsp3) is 0.429. The fourth-order valence-corrected chi connectivity index (χ4v) is 2.74. The van der Waals surface area contributed by atoms with Crippen LogP contribution in [0.2, 0.25) is 0 Å². The van der Waals surface area contributed by atoms with Crippen molar-refractivity contribution in [2.75, 3.05) is 13.2 Å². The van der Waals surface area contributed by atoms with Gasteiger partial charge in [0, 0.05) is 12.6 Å². The number of aliphatic hydroxyl groups is 1. The number of ether oxygens (including phenoxy) is 1. The minimum atomic E-state index is -0.540. The van der Waals surface area contributed by atoms with Crippen LogP contribution in [0, 0.1) is 13.8 Å². The molecule has 2 aromatic rings. The summed E-state index contributed by atoms with van der Waals surface area (Å²) in [6, 6.07) is 14.9. The average molecular weight is 364 g/mol. The van der Waals surface area contributed by atoms with Gasteiger partial charge in [-0.15, -0.1) is 12.4 Å². The van der Waals surface area contributed by atoms with Gasteiger partial charge in [-0.05, 0) is 49.4 Å². The van der Waals surface area contributed by atoms with Crippen molar-refractivity contribution in [3.05, 3.63) is 64.7 Å². The lowest BCUT2D eigenvalue weighted by Gasteiger charge is -2.19. The highest BCUT2D eigenvalue weighted by Gasteiger charge is 2.11. The van der Waals surface area contributed by atoms with Crippen molar-refractivity contribution < 1.29 is 9.84 Å². The Bertz CT molecular complexity index is 623. The van der Waals surface area contributed by atoms with Crippen LogP contribution in [0.3, 0.4) is 0 Å². The van der Waals surface area contributed by atoms with Crippen molar-refractivity contribution in [3.8, 4) is 5.75 Å². The maximum atomic E-state index is 10.2. The molecule has 0 saturated heterocycles. The van der Waals surface area contributed by atoms with E-state index in [9.17, 15) is 5.11 Å². The van der Waals surface area contributed by atoms with Gasteiger partial charge in [0.15, 0.2) is 0 Å². The Morgan fingerprint density at radius 2 is 1.64 bits per heavy atom. The standard InChI is InChI=1S/C21H29NO2.ClH/c1-5-18-9-11-19(12-10-18)17(4)22-13-20(23)14-24-21-15(2)7-6-8-16(21)3;/h6-12,17,20,22-23H,5,13-14H2,1-4H3;1H. The van der Waals surface area contributed by atoms with Gasteiger partial charge in [-0.3, -0.25) is 0 Å². The minimum Gasteiger partial charge on any atom is -0.490 e. The summed E-state index contributed by atoms with van der Waals surface area (Å²) < 4.78 is 5.81. The van der Waals surface area contributed by atoms with E-state index in [1.165, 1.54) is 11.1 Å². The number of halogens is 1. The molecule has 0 bridgehead atoms. The lowest BCUT2D eigenvalue weighted by atomic mass is 10.0. The van der Waals surface area contributed by atoms with E-state index in [0.29, 0.717) is 13.2 Å². The van der Waals surface area contributed by atoms with Crippen molar-refractivity contribution in [1.29, 1.82) is 0 Å². The van der Waals surface area contributed by atoms with Crippen LogP contribution in [-0.2, 0) is 6.42 Å². The van der Waals surface area contributed by atoms with Gasteiger partial charge in [-0.25, -0.2) is 0 Å². The summed E-state index contributed by atoms with van der Waals surface area (Å²) in [4.78, 5) is 0. The van der Waals surface area contributed by atoms with Gasteiger partial charge in [-0.2, -0.15) is 0 Å². The highest BCUT2D eigenvalue weighted by Crippen LogP contribution is 2.22. The predicted molar refractivity (Wildman–Crippen MR) is 107 cm³/mol. The van der Waals surface area contributed by atoms with E-state index in [0.717, 1.165) is 23.3 Å². The monoisotopic (exact) mass is 363 g/mol. The SMILES string of the molecule is CCc1ccc(C(C)NCC(O)COc2c(C)cccc2C)cc1.Cl. The third-order valence-electron chi connectivity index (χ3n) is 4.38. The maximum absolute atomic E-state index is 10.2. The fourth-order valence-electron chi connectivity index (χ4n) is 2.74. The van der Waals surface area contributed by atoms with E-state index >= 15 is 0 Å². The Kier molecular flexibility index (Phi) is 8.98. The molecule has 0 heterocycles. The topological polar surface area (TPSA) is 41.5 Å². The Labute approximate surface area is 157 Å². The summed E-state index contributed by atoms with van der Waals surface area (Å²) in [6.07, 6.45) is 0.512. The first-order chi connectivity index (χ1) is 11.5. The van der Waals surface area contributed by atoms with Crippen molar-refractivity contribution in [2.24, 2.45) is 0 Å². The molecule has 2 atom stereocenters. The highest BCUT2D eigenvalue weighted by atomic mass is 35.5. The average Bonchev–Trinajstić information content (AvgIpc) is 2.59. The number of hydrogen-bond acceptors (Lipinski definition) is 3. The normalized spacial score (nSPS) is 13.0. The van der Waals surface area contributed by atoms with Gasteiger partial charge in [0.05, 0.1) is 0 Å². The second-order valence-electron chi connectivity index (χ2n) is 6.41. The minimum absolute atomic E-state index is 0. The van der Waals surface area contributed by atoms with E-state index in [4.69, 9.17) is 4.74 Å². The van der Waals surface area contributed by atoms with Crippen LogP contribution in [-0.4, -0.2) is 24.4 Å². The molecule has 2 aromatic carbocycles. The molecule has 0 spiro atoms. The number of para-hydroxylation sites is 1. The van der Waals surface area contributed by atoms with E-state index in [2.05, 4.69) is 43.4 Å². The van der Waals surface area contributed by atoms with Crippen molar-refractivity contribution in [2.45, 2.75) is 46.3 Å². The zero-order chi connectivity index (χ0) is 17.5. The predicted octanol–water partition coefficient (Wildman–Crippen LogP) is 4.38. The van der Waals surface area contributed by atoms with Crippen molar-refractivity contribution in [1.82, 2.24) is 5.32 Å². The summed E-state index contributed by atoms with van der Waals surface area (Å²) in [5, 5.41) is 13.6. The van der Waals surface area contributed by atoms with Crippen LogP contribution < -0.4 is 10.1 Å². The van der Waals surface area contributed by atoms with E-state index in [1.807, 2.05) is 32.0 Å². The third-order valence-corrected chi connectivity index (χ3v) is 4.38. The maximum Gasteiger partial charge on any atom is 0.125 e. The smallest absolute Gasteiger partial charge is 0.125 e. The van der Waals surface area contributed by atoms with E-state index in [-0.39, 0.29) is 18.4 Å². The molecule has 0 radical (unpaired) electrons. The number of aryl methyl sites for hydroxylation is 3. The molecule has 0 saturated carbocycles. The molecule has 0 aliphatic carbocycles. The number of aliphatic hydroxyl groups excluding tert-OH is 1. The molecule has 138 valence electrons. The Hall–Kier alpha value is -1.55. The van der Waals surface area contributed by atoms with Crippen LogP contribution in [0.25, 0.3) is 0 Å².